The average molecular weight is 482 g/mol. The topological polar surface area (TPSA) is 61.8 Å². The van der Waals surface area contributed by atoms with Crippen LogP contribution in [-0.4, -0.2) is 39.3 Å². The minimum atomic E-state index is -0.617. The van der Waals surface area contributed by atoms with Crippen LogP contribution in [0.1, 0.15) is 20.3 Å². The van der Waals surface area contributed by atoms with E-state index in [9.17, 15) is 9.59 Å². The highest BCUT2D eigenvalue weighted by molar-refractivity contribution is 14.1. The van der Waals surface area contributed by atoms with Gasteiger partial charge in [0.05, 0.1) is 6.61 Å². The summed E-state index contributed by atoms with van der Waals surface area (Å²) < 4.78 is 15.1. The zero-order valence-electron chi connectivity index (χ0n) is 10.3. The maximum atomic E-state index is 11.7. The Morgan fingerprint density at radius 1 is 1.67 bits per heavy atom. The minimum absolute atomic E-state index is 0.115. The Morgan fingerprint density at radius 2 is 2.33 bits per heavy atom. The number of halogens is 2. The fourth-order valence-corrected chi connectivity index (χ4v) is 1.82. The van der Waals surface area contributed by atoms with Crippen molar-refractivity contribution in [2.45, 2.75) is 29.8 Å². The molecule has 1 aliphatic rings. The fraction of sp³-hybridized carbons (Fsp3) is 0.818. The van der Waals surface area contributed by atoms with E-state index in [1.54, 1.807) is 0 Å². The van der Waals surface area contributed by atoms with Gasteiger partial charge in [-0.25, -0.2) is 4.79 Å². The number of carbonyl (C=O) groups is 2. The molecule has 3 atom stereocenters. The molecule has 0 aromatic rings. The maximum absolute atomic E-state index is 11.7. The normalized spacial score (nSPS) is 23.8. The summed E-state index contributed by atoms with van der Waals surface area (Å²) in [6.45, 7) is 4.41. The molecule has 0 spiro atoms. The number of hydrogen-bond donors (Lipinski definition) is 0. The monoisotopic (exact) mass is 482 g/mol. The molecular formula is C11H16I2O5. The van der Waals surface area contributed by atoms with Crippen molar-refractivity contribution in [1.29, 1.82) is 0 Å². The van der Waals surface area contributed by atoms with Gasteiger partial charge in [0.1, 0.15) is 16.1 Å². The SMILES string of the molecule is CC(CCOC(=O)C(C)(I)CI)C1COC(=O)O1. The number of rotatable bonds is 6. The number of ether oxygens (including phenoxy) is 3. The van der Waals surface area contributed by atoms with Crippen LogP contribution < -0.4 is 0 Å². The second-order valence-electron chi connectivity index (χ2n) is 4.45. The van der Waals surface area contributed by atoms with Crippen molar-refractivity contribution in [1.82, 2.24) is 0 Å². The lowest BCUT2D eigenvalue weighted by Crippen LogP contribution is -2.32. The van der Waals surface area contributed by atoms with Gasteiger partial charge in [0, 0.05) is 4.43 Å². The van der Waals surface area contributed by atoms with Crippen molar-refractivity contribution in [3.05, 3.63) is 0 Å². The molecule has 1 aliphatic heterocycles. The summed E-state index contributed by atoms with van der Waals surface area (Å²) in [5.41, 5.74) is 0. The molecule has 1 fully saturated rings. The van der Waals surface area contributed by atoms with Gasteiger partial charge in [-0.1, -0.05) is 52.1 Å². The van der Waals surface area contributed by atoms with Crippen molar-refractivity contribution in [2.24, 2.45) is 5.92 Å². The Kier molecular flexibility index (Phi) is 6.42. The first-order valence-electron chi connectivity index (χ1n) is 5.62. The molecule has 0 amide bonds. The lowest BCUT2D eigenvalue weighted by Gasteiger charge is -2.19. The summed E-state index contributed by atoms with van der Waals surface area (Å²) in [7, 11) is 0. The highest BCUT2D eigenvalue weighted by atomic mass is 127. The van der Waals surface area contributed by atoms with Crippen LogP contribution in [0.25, 0.3) is 0 Å². The fourth-order valence-electron chi connectivity index (χ4n) is 1.35. The molecule has 0 radical (unpaired) electrons. The third-order valence-electron chi connectivity index (χ3n) is 2.73. The summed E-state index contributed by atoms with van der Waals surface area (Å²) in [5.74, 6) is -0.0892. The predicted octanol–water partition coefficient (Wildman–Crippen LogP) is 2.72. The molecule has 1 heterocycles. The van der Waals surface area contributed by atoms with Crippen molar-refractivity contribution >= 4 is 57.3 Å². The second kappa shape index (κ2) is 7.11. The Balaban J connectivity index is 2.25. The molecule has 1 saturated heterocycles. The van der Waals surface area contributed by atoms with Crippen LogP contribution in [0.3, 0.4) is 0 Å². The highest BCUT2D eigenvalue weighted by Crippen LogP contribution is 2.23. The molecule has 0 aromatic heterocycles. The molecule has 7 heteroatoms. The van der Waals surface area contributed by atoms with Crippen LogP contribution in [0.5, 0.6) is 0 Å². The van der Waals surface area contributed by atoms with Crippen molar-refractivity contribution in [2.75, 3.05) is 17.6 Å². The van der Waals surface area contributed by atoms with Gasteiger partial charge in [-0.05, 0) is 19.3 Å². The van der Waals surface area contributed by atoms with Crippen molar-refractivity contribution in [3.8, 4) is 0 Å². The van der Waals surface area contributed by atoms with Crippen molar-refractivity contribution in [3.63, 3.8) is 0 Å². The average Bonchev–Trinajstić information content (AvgIpc) is 2.75. The van der Waals surface area contributed by atoms with E-state index in [1.165, 1.54) is 0 Å². The van der Waals surface area contributed by atoms with E-state index >= 15 is 0 Å². The van der Waals surface area contributed by atoms with Gasteiger partial charge < -0.3 is 14.2 Å². The third-order valence-corrected chi connectivity index (χ3v) is 6.54. The predicted molar refractivity (Wildman–Crippen MR) is 82.3 cm³/mol. The van der Waals surface area contributed by atoms with E-state index < -0.39 is 9.58 Å². The lowest BCUT2D eigenvalue weighted by molar-refractivity contribution is -0.145. The molecule has 104 valence electrons. The van der Waals surface area contributed by atoms with Crippen molar-refractivity contribution < 1.29 is 23.8 Å². The first-order chi connectivity index (χ1) is 8.36. The molecule has 0 N–H and O–H groups in total. The number of alkyl halides is 2. The van der Waals surface area contributed by atoms with Crippen LogP contribution in [0, 0.1) is 5.92 Å². The Labute approximate surface area is 134 Å². The van der Waals surface area contributed by atoms with E-state index in [2.05, 4.69) is 45.2 Å². The Bertz CT molecular complexity index is 319. The Hall–Kier alpha value is 0.200. The van der Waals surface area contributed by atoms with E-state index in [0.29, 0.717) is 17.5 Å². The van der Waals surface area contributed by atoms with Crippen LogP contribution in [0.2, 0.25) is 0 Å². The number of esters is 1. The molecule has 1 rings (SSSR count). The van der Waals surface area contributed by atoms with E-state index in [-0.39, 0.29) is 24.6 Å². The third kappa shape index (κ3) is 4.71. The smallest absolute Gasteiger partial charge is 0.465 e. The van der Waals surface area contributed by atoms with Crippen LogP contribution in [-0.2, 0) is 19.0 Å². The number of hydrogen-bond acceptors (Lipinski definition) is 5. The molecule has 5 nitrogen and oxygen atoms in total. The quantitative estimate of drug-likeness (QED) is 0.331. The van der Waals surface area contributed by atoms with Gasteiger partial charge in [0.25, 0.3) is 0 Å². The van der Waals surface area contributed by atoms with Crippen LogP contribution >= 0.6 is 45.2 Å². The zero-order valence-corrected chi connectivity index (χ0v) is 14.6. The van der Waals surface area contributed by atoms with Gasteiger partial charge in [-0.3, -0.25) is 4.79 Å². The molecule has 0 aromatic carbocycles. The molecule has 3 unspecified atom stereocenters. The zero-order chi connectivity index (χ0) is 13.8. The standard InChI is InChI=1S/C11H16I2O5/c1-7(8-5-17-10(15)18-8)3-4-16-9(14)11(2,13)6-12/h7-8H,3-6H2,1-2H3. The van der Waals surface area contributed by atoms with Crippen LogP contribution in [0.4, 0.5) is 4.79 Å². The van der Waals surface area contributed by atoms with Crippen LogP contribution in [0.15, 0.2) is 0 Å². The van der Waals surface area contributed by atoms with Gasteiger partial charge >= 0.3 is 12.1 Å². The Morgan fingerprint density at radius 3 is 2.83 bits per heavy atom. The van der Waals surface area contributed by atoms with Gasteiger partial charge in [-0.15, -0.1) is 0 Å². The van der Waals surface area contributed by atoms with Gasteiger partial charge in [0.2, 0.25) is 0 Å². The molecular weight excluding hydrogens is 466 g/mol. The second-order valence-corrected chi connectivity index (χ2v) is 7.59. The summed E-state index contributed by atoms with van der Waals surface area (Å²) in [6.07, 6.45) is -0.193. The summed E-state index contributed by atoms with van der Waals surface area (Å²) in [4.78, 5) is 22.5. The van der Waals surface area contributed by atoms with Gasteiger partial charge in [0.15, 0.2) is 0 Å². The molecule has 0 saturated carbocycles. The minimum Gasteiger partial charge on any atom is -0.465 e. The summed E-state index contributed by atoms with van der Waals surface area (Å²) in [5, 5.41) is 0. The lowest BCUT2D eigenvalue weighted by atomic mass is 10.0. The summed E-state index contributed by atoms with van der Waals surface area (Å²) >= 11 is 4.25. The molecule has 18 heavy (non-hydrogen) atoms. The van der Waals surface area contributed by atoms with Gasteiger partial charge in [-0.2, -0.15) is 0 Å². The first kappa shape index (κ1) is 16.3. The first-order valence-corrected chi connectivity index (χ1v) is 8.22. The maximum Gasteiger partial charge on any atom is 0.508 e. The molecule has 0 bridgehead atoms. The van der Waals surface area contributed by atoms with E-state index in [0.717, 1.165) is 0 Å². The highest BCUT2D eigenvalue weighted by Gasteiger charge is 2.32. The number of cyclic esters (lactones) is 2. The van der Waals surface area contributed by atoms with E-state index in [4.69, 9.17) is 14.2 Å². The van der Waals surface area contributed by atoms with E-state index in [1.807, 2.05) is 13.8 Å². The molecule has 0 aliphatic carbocycles. The largest absolute Gasteiger partial charge is 0.508 e. The number of carbonyl (C=O) groups excluding carboxylic acids is 2. The summed E-state index contributed by atoms with van der Waals surface area (Å²) in [6, 6.07) is 0.